The molecule has 2 N–H and O–H groups in total. The number of nitrogens with two attached hydrogens (primary N) is 1. The van der Waals surface area contributed by atoms with Crippen molar-refractivity contribution in [1.29, 1.82) is 0 Å². The van der Waals surface area contributed by atoms with Gasteiger partial charge in [0, 0.05) is 17.3 Å². The number of halogens is 1. The molecule has 0 fully saturated rings. The molecule has 3 aromatic rings. The Morgan fingerprint density at radius 3 is 2.33 bits per heavy atom. The number of rotatable bonds is 2. The van der Waals surface area contributed by atoms with E-state index in [0.717, 1.165) is 17.0 Å². The number of aromatic nitrogens is 4. The van der Waals surface area contributed by atoms with Gasteiger partial charge in [-0.1, -0.05) is 0 Å². The molecule has 0 saturated carbocycles. The molecule has 0 saturated heterocycles. The summed E-state index contributed by atoms with van der Waals surface area (Å²) in [5.41, 5.74) is 8.99. The minimum absolute atomic E-state index is 0.281. The molecule has 3 rings (SSSR count). The number of hydrogen-bond acceptors (Lipinski definition) is 4. The number of hydrogen-bond donors (Lipinski definition) is 1. The quantitative estimate of drug-likeness (QED) is 0.785. The molecule has 2 aromatic heterocycles. The van der Waals surface area contributed by atoms with Gasteiger partial charge >= 0.3 is 0 Å². The van der Waals surface area contributed by atoms with Crippen molar-refractivity contribution in [1.82, 2.24) is 19.7 Å². The van der Waals surface area contributed by atoms with Crippen LogP contribution < -0.4 is 5.73 Å². The molecule has 106 valence electrons. The molecule has 0 amide bonds. The number of benzene rings is 1. The van der Waals surface area contributed by atoms with Gasteiger partial charge in [0.1, 0.15) is 11.6 Å². The highest BCUT2D eigenvalue weighted by Gasteiger charge is 2.10. The Bertz CT molecular complexity index is 792. The van der Waals surface area contributed by atoms with Crippen LogP contribution in [0.4, 0.5) is 10.2 Å². The minimum Gasteiger partial charge on any atom is -0.383 e. The fourth-order valence-corrected chi connectivity index (χ4v) is 2.10. The maximum absolute atomic E-state index is 13.0. The summed E-state index contributed by atoms with van der Waals surface area (Å²) < 4.78 is 14.5. The zero-order valence-electron chi connectivity index (χ0n) is 11.7. The molecule has 0 aliphatic carbocycles. The number of aryl methyl sites for hydroxylation is 2. The summed E-state index contributed by atoms with van der Waals surface area (Å²) in [6, 6.07) is 9.75. The van der Waals surface area contributed by atoms with E-state index in [1.54, 1.807) is 18.2 Å². The van der Waals surface area contributed by atoms with Crippen LogP contribution in [0.5, 0.6) is 0 Å². The van der Waals surface area contributed by atoms with E-state index < -0.39 is 0 Å². The van der Waals surface area contributed by atoms with Gasteiger partial charge in [-0.15, -0.1) is 0 Å². The summed E-state index contributed by atoms with van der Waals surface area (Å²) in [6.07, 6.45) is 0. The van der Waals surface area contributed by atoms with Gasteiger partial charge in [0.05, 0.1) is 11.4 Å². The third-order valence-corrected chi connectivity index (χ3v) is 3.03. The average Bonchev–Trinajstić information content (AvgIpc) is 2.78. The highest BCUT2D eigenvalue weighted by Crippen LogP contribution is 2.20. The third kappa shape index (κ3) is 2.60. The smallest absolute Gasteiger partial charge is 0.253 e. The van der Waals surface area contributed by atoms with Crippen LogP contribution in [-0.4, -0.2) is 19.7 Å². The molecule has 2 heterocycles. The van der Waals surface area contributed by atoms with Crippen LogP contribution in [0, 0.1) is 19.7 Å². The van der Waals surface area contributed by atoms with Crippen molar-refractivity contribution >= 4 is 5.82 Å². The lowest BCUT2D eigenvalue weighted by atomic mass is 10.1. The van der Waals surface area contributed by atoms with E-state index in [-0.39, 0.29) is 5.82 Å². The molecular formula is C15H14FN5. The van der Waals surface area contributed by atoms with Crippen LogP contribution in [0.2, 0.25) is 0 Å². The Morgan fingerprint density at radius 1 is 1.00 bits per heavy atom. The Labute approximate surface area is 121 Å². The number of anilines is 1. The first-order chi connectivity index (χ1) is 10.0. The van der Waals surface area contributed by atoms with Gasteiger partial charge in [-0.25, -0.2) is 14.4 Å². The largest absolute Gasteiger partial charge is 0.383 e. The molecule has 0 aliphatic rings. The van der Waals surface area contributed by atoms with E-state index in [2.05, 4.69) is 15.1 Å². The molecule has 0 radical (unpaired) electrons. The van der Waals surface area contributed by atoms with Gasteiger partial charge < -0.3 is 5.73 Å². The summed E-state index contributed by atoms with van der Waals surface area (Å²) >= 11 is 0. The van der Waals surface area contributed by atoms with Gasteiger partial charge in [-0.3, -0.25) is 0 Å². The fourth-order valence-electron chi connectivity index (χ4n) is 2.10. The third-order valence-electron chi connectivity index (χ3n) is 3.03. The van der Waals surface area contributed by atoms with Crippen molar-refractivity contribution < 1.29 is 4.39 Å². The van der Waals surface area contributed by atoms with Crippen molar-refractivity contribution in [2.24, 2.45) is 0 Å². The summed E-state index contributed by atoms with van der Waals surface area (Å²) in [6.45, 7) is 3.72. The van der Waals surface area contributed by atoms with Gasteiger partial charge in [0.2, 0.25) is 0 Å². The molecule has 0 spiro atoms. The molecule has 5 nitrogen and oxygen atoms in total. The van der Waals surface area contributed by atoms with Crippen LogP contribution >= 0.6 is 0 Å². The second-order valence-corrected chi connectivity index (χ2v) is 4.82. The molecule has 0 bridgehead atoms. The van der Waals surface area contributed by atoms with Gasteiger partial charge in [0.25, 0.3) is 5.95 Å². The standard InChI is InChI=1S/C15H14FN5/c1-9-7-13(11-3-5-12(16)6-4-11)19-15(18-9)21-14(17)8-10(2)20-21/h3-8H,17H2,1-2H3. The Kier molecular flexibility index (Phi) is 3.13. The SMILES string of the molecule is Cc1cc(-c2ccc(F)cc2)nc(-n2nc(C)cc2N)n1. The molecular weight excluding hydrogens is 269 g/mol. The molecule has 1 aromatic carbocycles. The van der Waals surface area contributed by atoms with Gasteiger partial charge in [0.15, 0.2) is 0 Å². The lowest BCUT2D eigenvalue weighted by Gasteiger charge is -2.07. The van der Waals surface area contributed by atoms with Crippen LogP contribution in [0.3, 0.4) is 0 Å². The Morgan fingerprint density at radius 2 is 1.71 bits per heavy atom. The van der Waals surface area contributed by atoms with E-state index in [4.69, 9.17) is 5.73 Å². The Hall–Kier alpha value is -2.76. The predicted octanol–water partition coefficient (Wildman–Crippen LogP) is 2.67. The average molecular weight is 283 g/mol. The molecule has 6 heteroatoms. The van der Waals surface area contributed by atoms with E-state index >= 15 is 0 Å². The first-order valence-electron chi connectivity index (χ1n) is 6.47. The zero-order valence-corrected chi connectivity index (χ0v) is 11.7. The lowest BCUT2D eigenvalue weighted by molar-refractivity contribution is 0.628. The molecule has 21 heavy (non-hydrogen) atoms. The summed E-state index contributed by atoms with van der Waals surface area (Å²) in [4.78, 5) is 8.82. The second kappa shape index (κ2) is 4.97. The van der Waals surface area contributed by atoms with Crippen LogP contribution in [0.1, 0.15) is 11.4 Å². The van der Waals surface area contributed by atoms with Crippen molar-refractivity contribution in [2.75, 3.05) is 5.73 Å². The van der Waals surface area contributed by atoms with E-state index in [9.17, 15) is 4.39 Å². The van der Waals surface area contributed by atoms with Crippen molar-refractivity contribution in [3.63, 3.8) is 0 Å². The minimum atomic E-state index is -0.281. The lowest BCUT2D eigenvalue weighted by Crippen LogP contribution is -2.08. The first kappa shape index (κ1) is 13.2. The molecule has 0 atom stereocenters. The van der Waals surface area contributed by atoms with Crippen molar-refractivity contribution in [3.8, 4) is 17.2 Å². The molecule has 0 aliphatic heterocycles. The van der Waals surface area contributed by atoms with Crippen molar-refractivity contribution in [2.45, 2.75) is 13.8 Å². The van der Waals surface area contributed by atoms with Gasteiger partial charge in [-0.05, 0) is 44.2 Å². The normalized spacial score (nSPS) is 10.8. The summed E-state index contributed by atoms with van der Waals surface area (Å²) in [5.74, 6) is 0.597. The zero-order chi connectivity index (χ0) is 15.0. The van der Waals surface area contributed by atoms with E-state index in [1.807, 2.05) is 19.9 Å². The highest BCUT2D eigenvalue weighted by atomic mass is 19.1. The predicted molar refractivity (Wildman–Crippen MR) is 78.4 cm³/mol. The maximum atomic E-state index is 13.0. The van der Waals surface area contributed by atoms with Gasteiger partial charge in [-0.2, -0.15) is 9.78 Å². The van der Waals surface area contributed by atoms with Crippen LogP contribution in [-0.2, 0) is 0 Å². The van der Waals surface area contributed by atoms with Crippen LogP contribution in [0.25, 0.3) is 17.2 Å². The monoisotopic (exact) mass is 283 g/mol. The number of nitrogen functional groups attached to an aromatic ring is 1. The molecule has 0 unspecified atom stereocenters. The summed E-state index contributed by atoms with van der Waals surface area (Å²) in [7, 11) is 0. The van der Waals surface area contributed by atoms with Crippen LogP contribution in [0.15, 0.2) is 36.4 Å². The fraction of sp³-hybridized carbons (Fsp3) is 0.133. The second-order valence-electron chi connectivity index (χ2n) is 4.82. The van der Waals surface area contributed by atoms with E-state index in [0.29, 0.717) is 17.5 Å². The maximum Gasteiger partial charge on any atom is 0.253 e. The first-order valence-corrected chi connectivity index (χ1v) is 6.47. The van der Waals surface area contributed by atoms with E-state index in [1.165, 1.54) is 16.8 Å². The van der Waals surface area contributed by atoms with Crippen molar-refractivity contribution in [3.05, 3.63) is 53.6 Å². The number of nitrogens with zero attached hydrogens (tertiary/aromatic N) is 4. The topological polar surface area (TPSA) is 69.6 Å². The summed E-state index contributed by atoms with van der Waals surface area (Å²) in [5, 5.41) is 4.28. The Balaban J connectivity index is 2.12. The highest BCUT2D eigenvalue weighted by molar-refractivity contribution is 5.60.